The molecule has 0 radical (unpaired) electrons. The summed E-state index contributed by atoms with van der Waals surface area (Å²) < 4.78 is 0.903. The predicted octanol–water partition coefficient (Wildman–Crippen LogP) is 3.17. The number of thioether (sulfide) groups is 1. The van der Waals surface area contributed by atoms with Gasteiger partial charge in [0.1, 0.15) is 5.75 Å². The van der Waals surface area contributed by atoms with Gasteiger partial charge in [0.05, 0.1) is 0 Å². The van der Waals surface area contributed by atoms with E-state index in [4.69, 9.17) is 0 Å². The molecule has 0 aliphatic rings. The van der Waals surface area contributed by atoms with Crippen molar-refractivity contribution in [2.24, 2.45) is 0 Å². The van der Waals surface area contributed by atoms with E-state index in [0.29, 0.717) is 5.75 Å². The minimum Gasteiger partial charge on any atom is -0.508 e. The van der Waals surface area contributed by atoms with Crippen molar-refractivity contribution in [1.29, 1.82) is 0 Å². The highest BCUT2D eigenvalue weighted by Crippen LogP contribution is 2.27. The molecule has 0 saturated heterocycles. The van der Waals surface area contributed by atoms with Crippen molar-refractivity contribution in [2.75, 3.05) is 18.6 Å². The maximum Gasteiger partial charge on any atom is 0.121 e. The summed E-state index contributed by atoms with van der Waals surface area (Å²) in [6.45, 7) is 3.02. The van der Waals surface area contributed by atoms with E-state index >= 15 is 0 Å². The third-order valence-electron chi connectivity index (χ3n) is 2.22. The summed E-state index contributed by atoms with van der Waals surface area (Å²) in [5, 5.41) is 13.1. The summed E-state index contributed by atoms with van der Waals surface area (Å²) >= 11 is 5.14. The van der Waals surface area contributed by atoms with Gasteiger partial charge in [-0.15, -0.1) is 0 Å². The summed E-state index contributed by atoms with van der Waals surface area (Å²) in [6, 6.07) is 5.80. The van der Waals surface area contributed by atoms with Crippen molar-refractivity contribution in [3.8, 4) is 5.75 Å². The molecule has 15 heavy (non-hydrogen) atoms. The summed E-state index contributed by atoms with van der Waals surface area (Å²) in [6.07, 6.45) is 2.09. The van der Waals surface area contributed by atoms with E-state index < -0.39 is 0 Å². The van der Waals surface area contributed by atoms with Crippen molar-refractivity contribution in [3.63, 3.8) is 0 Å². The van der Waals surface area contributed by atoms with Gasteiger partial charge < -0.3 is 10.4 Å². The number of phenolic OH excluding ortho intramolecular Hbond substituents is 1. The molecule has 0 aromatic heterocycles. The molecule has 0 fully saturated rings. The topological polar surface area (TPSA) is 32.3 Å². The number of halogens is 1. The Kier molecular flexibility index (Phi) is 5.50. The van der Waals surface area contributed by atoms with Gasteiger partial charge in [-0.25, -0.2) is 0 Å². The molecule has 0 saturated carbocycles. The zero-order chi connectivity index (χ0) is 11.3. The average molecular weight is 290 g/mol. The summed E-state index contributed by atoms with van der Waals surface area (Å²) in [5.41, 5.74) is 0.944. The van der Waals surface area contributed by atoms with E-state index in [1.807, 2.05) is 23.9 Å². The van der Waals surface area contributed by atoms with Crippen LogP contribution in [0.5, 0.6) is 5.75 Å². The van der Waals surface area contributed by atoms with Gasteiger partial charge in [0.15, 0.2) is 0 Å². The summed E-state index contributed by atoms with van der Waals surface area (Å²) in [7, 11) is 0. The Hall–Kier alpha value is -0.190. The van der Waals surface area contributed by atoms with Crippen molar-refractivity contribution in [1.82, 2.24) is 5.32 Å². The van der Waals surface area contributed by atoms with E-state index in [2.05, 4.69) is 34.4 Å². The number of benzene rings is 1. The first-order valence-corrected chi connectivity index (χ1v) is 7.04. The second-order valence-electron chi connectivity index (χ2n) is 3.37. The van der Waals surface area contributed by atoms with Crippen LogP contribution in [0.25, 0.3) is 0 Å². The molecule has 1 aromatic carbocycles. The van der Waals surface area contributed by atoms with Crippen LogP contribution < -0.4 is 5.32 Å². The van der Waals surface area contributed by atoms with Crippen LogP contribution in [0.1, 0.15) is 18.5 Å². The van der Waals surface area contributed by atoms with E-state index in [1.165, 1.54) is 0 Å². The molecular formula is C11H16BrNOS. The molecule has 2 N–H and O–H groups in total. The van der Waals surface area contributed by atoms with Crippen LogP contribution in [0.2, 0.25) is 0 Å². The molecule has 1 rings (SSSR count). The normalized spacial score (nSPS) is 12.7. The van der Waals surface area contributed by atoms with Gasteiger partial charge in [-0.3, -0.25) is 0 Å². The van der Waals surface area contributed by atoms with Crippen molar-refractivity contribution in [2.45, 2.75) is 13.0 Å². The van der Waals surface area contributed by atoms with Gasteiger partial charge in [0, 0.05) is 28.4 Å². The number of phenols is 1. The second kappa shape index (κ2) is 6.40. The molecule has 0 amide bonds. The molecule has 0 heterocycles. The third-order valence-corrected chi connectivity index (χ3v) is 3.32. The van der Waals surface area contributed by atoms with Crippen LogP contribution in [0.4, 0.5) is 0 Å². The highest BCUT2D eigenvalue weighted by molar-refractivity contribution is 9.10. The number of nitrogens with one attached hydrogen (secondary N) is 1. The van der Waals surface area contributed by atoms with Gasteiger partial charge in [-0.05, 0) is 25.3 Å². The smallest absolute Gasteiger partial charge is 0.121 e. The molecule has 0 aliphatic heterocycles. The molecule has 1 atom stereocenters. The maximum absolute atomic E-state index is 9.74. The lowest BCUT2D eigenvalue weighted by atomic mass is 10.1. The Bertz CT molecular complexity index is 319. The number of hydrogen-bond donors (Lipinski definition) is 2. The third kappa shape index (κ3) is 4.05. The number of hydrogen-bond acceptors (Lipinski definition) is 3. The van der Waals surface area contributed by atoms with Gasteiger partial charge in [-0.2, -0.15) is 11.8 Å². The standard InChI is InChI=1S/C11H16BrNOS/c1-8(13-5-6-15-2)10-4-3-9(12)7-11(10)14/h3-4,7-8,13-14H,5-6H2,1-2H3. The fourth-order valence-electron chi connectivity index (χ4n) is 1.37. The Morgan fingerprint density at radius 2 is 2.27 bits per heavy atom. The van der Waals surface area contributed by atoms with Crippen LogP contribution in [0, 0.1) is 0 Å². The summed E-state index contributed by atoms with van der Waals surface area (Å²) in [5.74, 6) is 1.43. The predicted molar refractivity (Wildman–Crippen MR) is 70.6 cm³/mol. The van der Waals surface area contributed by atoms with Crippen LogP contribution in [-0.2, 0) is 0 Å². The number of aromatic hydroxyl groups is 1. The fourth-order valence-corrected chi connectivity index (χ4v) is 2.04. The van der Waals surface area contributed by atoms with Crippen LogP contribution in [0.15, 0.2) is 22.7 Å². The van der Waals surface area contributed by atoms with E-state index in [0.717, 1.165) is 22.3 Å². The van der Waals surface area contributed by atoms with Crippen LogP contribution >= 0.6 is 27.7 Å². The molecular weight excluding hydrogens is 274 g/mol. The average Bonchev–Trinajstić information content (AvgIpc) is 2.17. The molecule has 4 heteroatoms. The first-order valence-electron chi connectivity index (χ1n) is 4.86. The summed E-state index contributed by atoms with van der Waals surface area (Å²) in [4.78, 5) is 0. The molecule has 0 spiro atoms. The second-order valence-corrected chi connectivity index (χ2v) is 5.27. The van der Waals surface area contributed by atoms with Gasteiger partial charge in [0.2, 0.25) is 0 Å². The van der Waals surface area contributed by atoms with Gasteiger partial charge >= 0.3 is 0 Å². The highest BCUT2D eigenvalue weighted by atomic mass is 79.9. The zero-order valence-electron chi connectivity index (χ0n) is 8.96. The Balaban J connectivity index is 2.61. The highest BCUT2D eigenvalue weighted by Gasteiger charge is 2.09. The van der Waals surface area contributed by atoms with Crippen molar-refractivity contribution in [3.05, 3.63) is 28.2 Å². The van der Waals surface area contributed by atoms with Crippen molar-refractivity contribution >= 4 is 27.7 Å². The minimum absolute atomic E-state index is 0.185. The SMILES string of the molecule is CSCCNC(C)c1ccc(Br)cc1O. The fraction of sp³-hybridized carbons (Fsp3) is 0.455. The lowest BCUT2D eigenvalue weighted by Gasteiger charge is -2.15. The lowest BCUT2D eigenvalue weighted by Crippen LogP contribution is -2.21. The Morgan fingerprint density at radius 1 is 1.53 bits per heavy atom. The van der Waals surface area contributed by atoms with Gasteiger partial charge in [-0.1, -0.05) is 22.0 Å². The molecule has 0 bridgehead atoms. The largest absolute Gasteiger partial charge is 0.508 e. The zero-order valence-corrected chi connectivity index (χ0v) is 11.4. The number of rotatable bonds is 5. The molecule has 1 unspecified atom stereocenters. The van der Waals surface area contributed by atoms with Crippen molar-refractivity contribution < 1.29 is 5.11 Å². The van der Waals surface area contributed by atoms with E-state index in [-0.39, 0.29) is 6.04 Å². The van der Waals surface area contributed by atoms with Gasteiger partial charge in [0.25, 0.3) is 0 Å². The molecule has 1 aromatic rings. The van der Waals surface area contributed by atoms with E-state index in [1.54, 1.807) is 6.07 Å². The molecule has 84 valence electrons. The Labute approximate surface area is 104 Å². The first-order chi connectivity index (χ1) is 7.15. The van der Waals surface area contributed by atoms with Crippen LogP contribution in [0.3, 0.4) is 0 Å². The monoisotopic (exact) mass is 289 g/mol. The molecule has 2 nitrogen and oxygen atoms in total. The first kappa shape index (κ1) is 12.9. The minimum atomic E-state index is 0.185. The maximum atomic E-state index is 9.74. The quantitative estimate of drug-likeness (QED) is 0.817. The Morgan fingerprint density at radius 3 is 2.87 bits per heavy atom. The van der Waals surface area contributed by atoms with E-state index in [9.17, 15) is 5.11 Å². The lowest BCUT2D eigenvalue weighted by molar-refractivity contribution is 0.454. The molecule has 0 aliphatic carbocycles. The van der Waals surface area contributed by atoms with Crippen LogP contribution in [-0.4, -0.2) is 23.7 Å².